The Hall–Kier alpha value is -2.46. The van der Waals surface area contributed by atoms with Crippen LogP contribution < -0.4 is 10.6 Å². The third-order valence-corrected chi connectivity index (χ3v) is 22.5. The number of unbranched alkanes of at least 4 members (excludes halogenated alkanes) is 2. The molecule has 3 saturated heterocycles. The lowest BCUT2D eigenvalue weighted by molar-refractivity contribution is -0.370. The molecule has 2 amide bonds. The van der Waals surface area contributed by atoms with E-state index in [0.29, 0.717) is 50.1 Å². The number of allylic oxidation sites excluding steroid dienone is 2. The summed E-state index contributed by atoms with van der Waals surface area (Å²) in [4.78, 5) is 42.0. The van der Waals surface area contributed by atoms with Gasteiger partial charge in [0.1, 0.15) is 54.2 Å². The van der Waals surface area contributed by atoms with Gasteiger partial charge in [0.25, 0.3) is 5.91 Å². The summed E-state index contributed by atoms with van der Waals surface area (Å²) in [6, 6.07) is 5.80. The van der Waals surface area contributed by atoms with Crippen LogP contribution in [0.4, 0.5) is 0 Å². The summed E-state index contributed by atoms with van der Waals surface area (Å²) in [6.07, 6.45) is -12.9. The number of fused-ring (bicyclic) bond motifs is 7. The van der Waals surface area contributed by atoms with Crippen molar-refractivity contribution in [3.8, 4) is 0 Å². The van der Waals surface area contributed by atoms with Crippen LogP contribution in [0.2, 0.25) is 0 Å². The van der Waals surface area contributed by atoms with E-state index in [1.54, 1.807) is 12.1 Å². The Balaban J connectivity index is 0.960. The summed E-state index contributed by atoms with van der Waals surface area (Å²) in [5.41, 5.74) is -1.17. The number of ether oxygens (including phenoxy) is 6. The molecule has 7 fully saturated rings. The quantitative estimate of drug-likeness (QED) is 0.0518. The van der Waals surface area contributed by atoms with E-state index >= 15 is 4.79 Å². The van der Waals surface area contributed by atoms with E-state index in [9.17, 15) is 55.5 Å². The number of amides is 2. The number of carbonyl (C=O) groups excluding carboxylic acids is 3. The lowest BCUT2D eigenvalue weighted by Gasteiger charge is -2.71. The molecule has 3 heterocycles. The Morgan fingerprint density at radius 1 is 0.728 bits per heavy atom. The summed E-state index contributed by atoms with van der Waals surface area (Å²) in [7, 11) is 0. The van der Waals surface area contributed by atoms with Crippen molar-refractivity contribution in [3.05, 3.63) is 45.0 Å². The number of esters is 1. The van der Waals surface area contributed by atoms with Gasteiger partial charge < -0.3 is 85.0 Å². The summed E-state index contributed by atoms with van der Waals surface area (Å²) in [5, 5.41) is 107. The first-order valence-electron chi connectivity index (χ1n) is 29.6. The van der Waals surface area contributed by atoms with Crippen LogP contribution in [-0.4, -0.2) is 182 Å². The second-order valence-electron chi connectivity index (χ2n) is 27.3. The molecule has 0 spiro atoms. The number of benzene rings is 1. The van der Waals surface area contributed by atoms with E-state index in [0.717, 1.165) is 41.2 Å². The van der Waals surface area contributed by atoms with Crippen molar-refractivity contribution in [1.82, 2.24) is 10.6 Å². The van der Waals surface area contributed by atoms with Crippen LogP contribution in [0, 0.1) is 53.8 Å². The van der Waals surface area contributed by atoms with Crippen LogP contribution in [0.3, 0.4) is 0 Å². The van der Waals surface area contributed by atoms with Gasteiger partial charge in [0.15, 0.2) is 18.7 Å². The summed E-state index contributed by atoms with van der Waals surface area (Å²) >= 11 is 2.17. The molecule has 1 aromatic carbocycles. The molecule has 8 aliphatic rings. The highest BCUT2D eigenvalue weighted by atomic mass is 127. The summed E-state index contributed by atoms with van der Waals surface area (Å²) < 4.78 is 37.5. The fourth-order valence-corrected chi connectivity index (χ4v) is 17.0. The molecule has 21 heteroatoms. The maximum Gasteiger partial charge on any atom is 0.317 e. The largest absolute Gasteiger partial charge is 0.432 e. The van der Waals surface area contributed by atoms with Gasteiger partial charge in [-0.05, 0) is 169 Å². The minimum atomic E-state index is -1.94. The van der Waals surface area contributed by atoms with Crippen molar-refractivity contribution < 1.29 is 88.8 Å². The van der Waals surface area contributed by atoms with E-state index in [1.807, 2.05) is 12.1 Å². The molecule has 5 aliphatic carbocycles. The fraction of sp³-hybridized carbons (Fsp3) is 0.817. The lowest BCUT2D eigenvalue weighted by atomic mass is 9.33. The van der Waals surface area contributed by atoms with Crippen LogP contribution in [0.1, 0.15) is 149 Å². The zero-order valence-corrected chi connectivity index (χ0v) is 50.4. The molecular weight excluding hydrogens is 1160 g/mol. The number of hydrogen-bond donors (Lipinski definition) is 11. The van der Waals surface area contributed by atoms with Gasteiger partial charge in [0.05, 0.1) is 37.6 Å². The first-order valence-corrected chi connectivity index (χ1v) is 30.7. The minimum absolute atomic E-state index is 0.00500. The van der Waals surface area contributed by atoms with E-state index < -0.39 is 134 Å². The van der Waals surface area contributed by atoms with Crippen molar-refractivity contribution in [2.45, 2.75) is 237 Å². The molecule has 0 unspecified atom stereocenters. The van der Waals surface area contributed by atoms with Crippen LogP contribution in [0.25, 0.3) is 0 Å². The molecule has 4 saturated carbocycles. The predicted molar refractivity (Wildman–Crippen MR) is 300 cm³/mol. The molecule has 456 valence electrons. The van der Waals surface area contributed by atoms with Crippen LogP contribution in [-0.2, 0) is 38.0 Å². The molecular formula is C60H91IN2O18. The Morgan fingerprint density at radius 2 is 1.42 bits per heavy atom. The van der Waals surface area contributed by atoms with E-state index in [4.69, 9.17) is 28.4 Å². The Labute approximate surface area is 489 Å². The van der Waals surface area contributed by atoms with Gasteiger partial charge in [-0.25, -0.2) is 0 Å². The van der Waals surface area contributed by atoms with E-state index in [1.165, 1.54) is 6.92 Å². The standard InChI is InChI=1S/C60H91IN2O18/c1-30-48(79-51-46(72)43(69)35(65)29-76-51)45(71)47(73)52(77-30)80-49-44(70)42(63-41(68)12-10-9-11-25-62-50(74)31-13-15-32(61)16-14-31)36(28-64)78-53(49)81-54(75)60-24-23-55(2,3)26-34(60)33-17-18-38-57(6)21-20-39(66)56(4,5)37(57)19-22-58(38,7)59(33,8)27-40(60)67/h13-17,30,34-40,42-49,51-53,64-67,69-73H,9-12,18-29H2,1-8H3,(H,62,74)(H,63,68)/t30-,34-,35+,36+,37-,38+,39-,40+,42-,43-,44-,45-,46+,47+,48-,49+,51-,52-,53-,57-,58+,59+,60+/m0/s1. The maximum atomic E-state index is 15.7. The topological polar surface area (TPSA) is 313 Å². The van der Waals surface area contributed by atoms with Crippen LogP contribution in [0.5, 0.6) is 0 Å². The molecule has 23 atom stereocenters. The first-order chi connectivity index (χ1) is 38.0. The van der Waals surface area contributed by atoms with E-state index in [2.05, 4.69) is 87.8 Å². The zero-order chi connectivity index (χ0) is 58.9. The van der Waals surface area contributed by atoms with Gasteiger partial charge in [0, 0.05) is 22.1 Å². The average Bonchev–Trinajstić information content (AvgIpc) is 3.61. The Bertz CT molecular complexity index is 2450. The fourth-order valence-electron chi connectivity index (χ4n) is 16.7. The molecule has 20 nitrogen and oxygen atoms in total. The highest BCUT2D eigenvalue weighted by molar-refractivity contribution is 14.1. The summed E-state index contributed by atoms with van der Waals surface area (Å²) in [6.45, 7) is 16.5. The Kier molecular flexibility index (Phi) is 18.7. The molecule has 1 aromatic rings. The molecule has 9 rings (SSSR count). The molecule has 11 N–H and O–H groups in total. The predicted octanol–water partition coefficient (Wildman–Crippen LogP) is 3.50. The van der Waals surface area contributed by atoms with Gasteiger partial charge >= 0.3 is 5.97 Å². The molecule has 81 heavy (non-hydrogen) atoms. The molecule has 0 aromatic heterocycles. The highest BCUT2D eigenvalue weighted by Crippen LogP contribution is 2.76. The SMILES string of the molecule is C[C@@H]1O[C@@H](O[C@H]2[C@H](OC(=O)[C@]34CCC(C)(C)C[C@H]3C3=CC[C@@H]5[C@@]6(C)CC[C@H](O)C(C)(C)[C@@H]6CC[C@@]5(C)[C@]3(C)C[C@H]4O)O[C@H](CO)[C@H](NC(=O)CCCCCNC(=O)c3ccc(I)cc3)[C@@H]2O)[C@H](O)[C@H](O)[C@H]1O[C@@H]1OC[C@@H](O)[C@H](O)[C@H]1O. The van der Waals surface area contributed by atoms with Crippen molar-refractivity contribution in [2.75, 3.05) is 19.8 Å². The van der Waals surface area contributed by atoms with Crippen LogP contribution >= 0.6 is 22.6 Å². The highest BCUT2D eigenvalue weighted by Gasteiger charge is 2.72. The molecule has 0 radical (unpaired) electrons. The monoisotopic (exact) mass is 1250 g/mol. The van der Waals surface area contributed by atoms with E-state index in [-0.39, 0.29) is 58.9 Å². The zero-order valence-electron chi connectivity index (χ0n) is 48.2. The number of aliphatic hydroxyl groups is 9. The second kappa shape index (κ2) is 24.0. The third kappa shape index (κ3) is 11.5. The number of halogens is 1. The van der Waals surface area contributed by atoms with Crippen molar-refractivity contribution >= 4 is 40.4 Å². The lowest BCUT2D eigenvalue weighted by Crippen LogP contribution is -2.69. The van der Waals surface area contributed by atoms with Crippen molar-refractivity contribution in [3.63, 3.8) is 0 Å². The average molecular weight is 1260 g/mol. The summed E-state index contributed by atoms with van der Waals surface area (Å²) in [5.74, 6) is -1.43. The molecule has 0 bridgehead atoms. The second-order valence-corrected chi connectivity index (χ2v) is 28.5. The van der Waals surface area contributed by atoms with Gasteiger partial charge in [-0.1, -0.05) is 66.5 Å². The number of nitrogens with one attached hydrogen (secondary N) is 2. The van der Waals surface area contributed by atoms with Gasteiger partial charge in [0.2, 0.25) is 12.2 Å². The number of rotatable bonds is 15. The van der Waals surface area contributed by atoms with Gasteiger partial charge in [-0.2, -0.15) is 0 Å². The number of hydrogen-bond acceptors (Lipinski definition) is 18. The third-order valence-electron chi connectivity index (χ3n) is 21.7. The van der Waals surface area contributed by atoms with Crippen molar-refractivity contribution in [1.29, 1.82) is 0 Å². The molecule has 3 aliphatic heterocycles. The van der Waals surface area contributed by atoms with Crippen LogP contribution in [0.15, 0.2) is 35.9 Å². The maximum absolute atomic E-state index is 15.7. The number of aliphatic hydroxyl groups excluding tert-OH is 9. The first kappa shape index (κ1) is 63.1. The normalized spacial score (nSPS) is 45.4. The van der Waals surface area contributed by atoms with Gasteiger partial charge in [-0.3, -0.25) is 14.4 Å². The number of carbonyl (C=O) groups is 3. The Morgan fingerprint density at radius 3 is 2.12 bits per heavy atom. The smallest absolute Gasteiger partial charge is 0.317 e. The minimum Gasteiger partial charge on any atom is -0.432 e. The van der Waals surface area contributed by atoms with Gasteiger partial charge in [-0.15, -0.1) is 0 Å². The van der Waals surface area contributed by atoms with Crippen molar-refractivity contribution in [2.24, 2.45) is 50.2 Å².